The number of aromatic nitrogens is 2. The summed E-state index contributed by atoms with van der Waals surface area (Å²) >= 11 is 0. The second kappa shape index (κ2) is 17.2. The van der Waals surface area contributed by atoms with Gasteiger partial charge < -0.3 is 10.1 Å². The number of nitrogens with one attached hydrogen (secondary N) is 2. The molecular formula is C40H51N3O2. The van der Waals surface area contributed by atoms with Crippen LogP contribution in [0.25, 0.3) is 5.57 Å². The smallest absolute Gasteiger partial charge is 0.251 e. The Balaban J connectivity index is 1.20. The van der Waals surface area contributed by atoms with Gasteiger partial charge in [-0.15, -0.1) is 0 Å². The highest BCUT2D eigenvalue weighted by Gasteiger charge is 2.23. The van der Waals surface area contributed by atoms with Crippen LogP contribution in [0.15, 0.2) is 61.4 Å². The fraction of sp³-hybridized carbons (Fsp3) is 0.500. The fourth-order valence-corrected chi connectivity index (χ4v) is 6.93. The van der Waals surface area contributed by atoms with Crippen molar-refractivity contribution in [1.82, 2.24) is 15.5 Å². The van der Waals surface area contributed by atoms with E-state index < -0.39 is 0 Å². The third-order valence-corrected chi connectivity index (χ3v) is 9.73. The molecule has 0 bridgehead atoms. The molecule has 0 radical (unpaired) electrons. The first-order chi connectivity index (χ1) is 22.0. The molecule has 1 amide bonds. The number of hydrogen-bond acceptors (Lipinski definition) is 3. The second-order valence-electron chi connectivity index (χ2n) is 13.3. The van der Waals surface area contributed by atoms with Crippen molar-refractivity contribution in [1.29, 1.82) is 0 Å². The molecule has 2 N–H and O–H groups in total. The highest BCUT2D eigenvalue weighted by atomic mass is 16.5. The molecular weight excluding hydrogens is 554 g/mol. The molecule has 1 aliphatic carbocycles. The standard InChI is InChI=1S/C40H51N3O2/c1-30(2)35-17-13-32(14-18-35)15-20-37-27-38(40(44)41-24-7-11-34-28-42-43-29-34)22-21-36(37)19-16-33-23-25-45-39(26-33)12-6-10-31-8-4-3-5-9-31/h13-14,17-18,21-22,27-29,31,33,39H,1,3-12,16,19,23-26H2,2H3,(H,41,44)(H,42,43). The Labute approximate surface area is 270 Å². The van der Waals surface area contributed by atoms with Gasteiger partial charge in [-0.2, -0.15) is 5.10 Å². The quantitative estimate of drug-likeness (QED) is 0.151. The van der Waals surface area contributed by atoms with Gasteiger partial charge in [0.2, 0.25) is 0 Å². The maximum atomic E-state index is 13.1. The number of allylic oxidation sites excluding steroid dienone is 1. The van der Waals surface area contributed by atoms with E-state index in [0.717, 1.165) is 72.5 Å². The molecule has 1 aromatic heterocycles. The maximum absolute atomic E-state index is 13.1. The minimum atomic E-state index is -0.0527. The van der Waals surface area contributed by atoms with Crippen LogP contribution in [-0.4, -0.2) is 35.4 Å². The van der Waals surface area contributed by atoms with Gasteiger partial charge >= 0.3 is 0 Å². The lowest BCUT2D eigenvalue weighted by Gasteiger charge is -2.30. The molecule has 1 aliphatic heterocycles. The molecule has 3 aromatic rings. The second-order valence-corrected chi connectivity index (χ2v) is 13.3. The Morgan fingerprint density at radius 1 is 0.956 bits per heavy atom. The molecule has 1 saturated heterocycles. The van der Waals surface area contributed by atoms with Gasteiger partial charge in [0, 0.05) is 36.0 Å². The van der Waals surface area contributed by atoms with E-state index in [0.29, 0.717) is 24.1 Å². The van der Waals surface area contributed by atoms with Crippen molar-refractivity contribution in [2.24, 2.45) is 11.8 Å². The summed E-state index contributed by atoms with van der Waals surface area (Å²) in [4.78, 5) is 13.1. The van der Waals surface area contributed by atoms with E-state index in [9.17, 15) is 4.79 Å². The predicted octanol–water partition coefficient (Wildman–Crippen LogP) is 8.68. The van der Waals surface area contributed by atoms with E-state index in [2.05, 4.69) is 52.1 Å². The van der Waals surface area contributed by atoms with Crippen molar-refractivity contribution in [3.63, 3.8) is 0 Å². The summed E-state index contributed by atoms with van der Waals surface area (Å²) in [6, 6.07) is 14.3. The van der Waals surface area contributed by atoms with Gasteiger partial charge in [0.1, 0.15) is 0 Å². The monoisotopic (exact) mass is 605 g/mol. The number of aromatic amines is 1. The van der Waals surface area contributed by atoms with Crippen LogP contribution >= 0.6 is 0 Å². The normalized spacial score (nSPS) is 18.6. The summed E-state index contributed by atoms with van der Waals surface area (Å²) in [6.45, 7) is 7.55. The van der Waals surface area contributed by atoms with Crippen LogP contribution in [0.5, 0.6) is 0 Å². The average molecular weight is 606 g/mol. The molecule has 2 fully saturated rings. The van der Waals surface area contributed by atoms with Crippen molar-refractivity contribution < 1.29 is 9.53 Å². The van der Waals surface area contributed by atoms with Crippen molar-refractivity contribution in [3.05, 3.63) is 94.8 Å². The van der Waals surface area contributed by atoms with E-state index >= 15 is 0 Å². The van der Waals surface area contributed by atoms with Crippen LogP contribution < -0.4 is 5.32 Å². The first-order valence-corrected chi connectivity index (χ1v) is 17.3. The average Bonchev–Trinajstić information content (AvgIpc) is 3.59. The molecule has 5 nitrogen and oxygen atoms in total. The summed E-state index contributed by atoms with van der Waals surface area (Å²) in [5.74, 6) is 8.36. The molecule has 45 heavy (non-hydrogen) atoms. The summed E-state index contributed by atoms with van der Waals surface area (Å²) in [5.41, 5.74) is 7.10. The Kier molecular flexibility index (Phi) is 12.5. The topological polar surface area (TPSA) is 67.0 Å². The SMILES string of the molecule is C=C(C)c1ccc(C#Cc2cc(C(=O)NCCCc3cn[nH]c3)ccc2CCC2CCOC(CCCC3CCCCC3)C2)cc1. The van der Waals surface area contributed by atoms with Crippen molar-refractivity contribution in [3.8, 4) is 11.8 Å². The largest absolute Gasteiger partial charge is 0.378 e. The summed E-state index contributed by atoms with van der Waals surface area (Å²) in [7, 11) is 0. The number of benzene rings is 2. The van der Waals surface area contributed by atoms with Gasteiger partial charge in [0.15, 0.2) is 0 Å². The summed E-state index contributed by atoms with van der Waals surface area (Å²) < 4.78 is 6.21. The molecule has 2 heterocycles. The van der Waals surface area contributed by atoms with Gasteiger partial charge in [-0.1, -0.05) is 87.1 Å². The Morgan fingerprint density at radius 3 is 2.56 bits per heavy atom. The number of hydrogen-bond donors (Lipinski definition) is 2. The van der Waals surface area contributed by atoms with E-state index in [1.165, 1.54) is 63.4 Å². The van der Waals surface area contributed by atoms with Crippen LogP contribution in [0, 0.1) is 23.7 Å². The number of carbonyl (C=O) groups is 1. The minimum Gasteiger partial charge on any atom is -0.378 e. The van der Waals surface area contributed by atoms with Crippen molar-refractivity contribution >= 4 is 11.5 Å². The highest BCUT2D eigenvalue weighted by Crippen LogP contribution is 2.31. The van der Waals surface area contributed by atoms with E-state index in [1.807, 2.05) is 43.6 Å². The number of ether oxygens (including phenoxy) is 1. The van der Waals surface area contributed by atoms with Crippen molar-refractivity contribution in [2.75, 3.05) is 13.2 Å². The third kappa shape index (κ3) is 10.5. The van der Waals surface area contributed by atoms with Gasteiger partial charge in [0.05, 0.1) is 12.3 Å². The van der Waals surface area contributed by atoms with Crippen LogP contribution in [0.4, 0.5) is 0 Å². The molecule has 5 heteroatoms. The Morgan fingerprint density at radius 2 is 1.78 bits per heavy atom. The maximum Gasteiger partial charge on any atom is 0.251 e. The molecule has 2 aromatic carbocycles. The minimum absolute atomic E-state index is 0.0527. The van der Waals surface area contributed by atoms with Gasteiger partial charge in [-0.05, 0) is 105 Å². The molecule has 5 rings (SSSR count). The van der Waals surface area contributed by atoms with Gasteiger partial charge in [-0.3, -0.25) is 9.89 Å². The molecule has 1 saturated carbocycles. The zero-order valence-electron chi connectivity index (χ0n) is 27.2. The zero-order chi connectivity index (χ0) is 31.3. The van der Waals surface area contributed by atoms with Gasteiger partial charge in [-0.25, -0.2) is 0 Å². The number of aryl methyl sites for hydroxylation is 2. The first kappa shape index (κ1) is 32.8. The molecule has 2 unspecified atom stereocenters. The first-order valence-electron chi connectivity index (χ1n) is 17.3. The van der Waals surface area contributed by atoms with Crippen LogP contribution in [0.3, 0.4) is 0 Å². The van der Waals surface area contributed by atoms with E-state index in [1.54, 1.807) is 0 Å². The number of amides is 1. The Bertz CT molecular complexity index is 1420. The number of nitrogens with zero attached hydrogens (tertiary/aromatic N) is 1. The third-order valence-electron chi connectivity index (χ3n) is 9.73. The fourth-order valence-electron chi connectivity index (χ4n) is 6.93. The lowest BCUT2D eigenvalue weighted by Crippen LogP contribution is -2.26. The molecule has 2 aliphatic rings. The summed E-state index contributed by atoms with van der Waals surface area (Å²) in [6.07, 6.45) is 21.3. The van der Waals surface area contributed by atoms with Crippen LogP contribution in [0.2, 0.25) is 0 Å². The van der Waals surface area contributed by atoms with Crippen molar-refractivity contribution in [2.45, 2.75) is 103 Å². The molecule has 0 spiro atoms. The lowest BCUT2D eigenvalue weighted by atomic mass is 9.84. The number of H-pyrrole nitrogens is 1. The molecule has 238 valence electrons. The zero-order valence-corrected chi connectivity index (χ0v) is 27.2. The number of rotatable bonds is 13. The number of carbonyl (C=O) groups excluding carboxylic acids is 1. The lowest BCUT2D eigenvalue weighted by molar-refractivity contribution is -0.0164. The van der Waals surface area contributed by atoms with Crippen LogP contribution in [0.1, 0.15) is 122 Å². The highest BCUT2D eigenvalue weighted by molar-refractivity contribution is 5.94. The summed E-state index contributed by atoms with van der Waals surface area (Å²) in [5, 5.41) is 9.92. The predicted molar refractivity (Wildman–Crippen MR) is 184 cm³/mol. The van der Waals surface area contributed by atoms with E-state index in [-0.39, 0.29) is 5.91 Å². The van der Waals surface area contributed by atoms with E-state index in [4.69, 9.17) is 4.74 Å². The Hall–Kier alpha value is -3.62. The molecule has 2 atom stereocenters. The van der Waals surface area contributed by atoms with Crippen LogP contribution in [-0.2, 0) is 17.6 Å². The van der Waals surface area contributed by atoms with Gasteiger partial charge in [0.25, 0.3) is 5.91 Å².